The molecule has 6 nitrogen and oxygen atoms in total. The molecule has 0 amide bonds. The van der Waals surface area contributed by atoms with Crippen LogP contribution < -0.4 is 4.72 Å². The van der Waals surface area contributed by atoms with Gasteiger partial charge < -0.3 is 0 Å². The second kappa shape index (κ2) is 9.03. The van der Waals surface area contributed by atoms with E-state index in [9.17, 15) is 17.6 Å². The fourth-order valence-electron chi connectivity index (χ4n) is 3.37. The molecule has 0 aliphatic carbocycles. The van der Waals surface area contributed by atoms with Gasteiger partial charge in [0.1, 0.15) is 5.82 Å². The Morgan fingerprint density at radius 2 is 1.76 bits per heavy atom. The summed E-state index contributed by atoms with van der Waals surface area (Å²) in [5.74, 6) is -3.54. The number of hydrogen-bond acceptors (Lipinski definition) is 5. The quantitative estimate of drug-likeness (QED) is 0.388. The first-order valence-corrected chi connectivity index (χ1v) is 11.8. The van der Waals surface area contributed by atoms with Crippen LogP contribution in [0.25, 0.3) is 22.3 Å². The molecule has 0 radical (unpaired) electrons. The van der Waals surface area contributed by atoms with E-state index >= 15 is 4.39 Å². The molecule has 0 saturated heterocycles. The number of benzene rings is 3. The number of aromatic nitrogens is 2. The van der Waals surface area contributed by atoms with Crippen LogP contribution in [-0.4, -0.2) is 29.9 Å². The zero-order valence-corrected chi connectivity index (χ0v) is 18.4. The van der Waals surface area contributed by atoms with Gasteiger partial charge in [-0.05, 0) is 36.8 Å². The topological polar surface area (TPSA) is 89.0 Å². The van der Waals surface area contributed by atoms with Crippen molar-refractivity contribution in [3.05, 3.63) is 89.6 Å². The van der Waals surface area contributed by atoms with Crippen molar-refractivity contribution in [2.45, 2.75) is 13.3 Å². The number of sulfonamides is 1. The van der Waals surface area contributed by atoms with Gasteiger partial charge in [-0.3, -0.25) is 14.5 Å². The SMILES string of the molecule is CCCS(=O)(=O)Nc1ccc(F)c(C(=O)c2ccc3ncc(-c4ccccc4)nc3c2)c1F. The van der Waals surface area contributed by atoms with Crippen molar-refractivity contribution in [1.29, 1.82) is 0 Å². The first-order valence-electron chi connectivity index (χ1n) is 10.1. The highest BCUT2D eigenvalue weighted by atomic mass is 32.2. The van der Waals surface area contributed by atoms with Crippen molar-refractivity contribution < 1.29 is 22.0 Å². The predicted octanol–water partition coefficient (Wildman–Crippen LogP) is 4.96. The number of halogens is 2. The second-order valence-corrected chi connectivity index (χ2v) is 9.20. The molecule has 33 heavy (non-hydrogen) atoms. The molecule has 0 unspecified atom stereocenters. The molecule has 0 saturated carbocycles. The Morgan fingerprint density at radius 1 is 1.00 bits per heavy atom. The molecule has 168 valence electrons. The minimum Gasteiger partial charge on any atom is -0.288 e. The largest absolute Gasteiger partial charge is 0.288 e. The highest BCUT2D eigenvalue weighted by Gasteiger charge is 2.24. The van der Waals surface area contributed by atoms with Gasteiger partial charge in [0.15, 0.2) is 11.6 Å². The molecule has 1 N–H and O–H groups in total. The summed E-state index contributed by atoms with van der Waals surface area (Å²) in [5, 5.41) is 0. The van der Waals surface area contributed by atoms with Gasteiger partial charge in [-0.1, -0.05) is 37.3 Å². The van der Waals surface area contributed by atoms with E-state index in [0.29, 0.717) is 23.1 Å². The second-order valence-electron chi connectivity index (χ2n) is 7.36. The summed E-state index contributed by atoms with van der Waals surface area (Å²) in [6.45, 7) is 1.65. The van der Waals surface area contributed by atoms with E-state index in [1.807, 2.05) is 30.3 Å². The Labute approximate surface area is 189 Å². The van der Waals surface area contributed by atoms with E-state index < -0.39 is 38.7 Å². The summed E-state index contributed by atoms with van der Waals surface area (Å²) < 4.78 is 55.6. The average molecular weight is 467 g/mol. The number of hydrogen-bond donors (Lipinski definition) is 1. The van der Waals surface area contributed by atoms with Gasteiger partial charge in [0.25, 0.3) is 0 Å². The van der Waals surface area contributed by atoms with Gasteiger partial charge in [-0.2, -0.15) is 0 Å². The first-order chi connectivity index (χ1) is 15.8. The zero-order valence-electron chi connectivity index (χ0n) is 17.5. The normalized spacial score (nSPS) is 11.5. The summed E-state index contributed by atoms with van der Waals surface area (Å²) in [4.78, 5) is 21.9. The van der Waals surface area contributed by atoms with E-state index in [0.717, 1.165) is 17.7 Å². The van der Waals surface area contributed by atoms with Crippen LogP contribution in [0.5, 0.6) is 0 Å². The number of anilines is 1. The van der Waals surface area contributed by atoms with Gasteiger partial charge in [-0.15, -0.1) is 0 Å². The van der Waals surface area contributed by atoms with E-state index in [1.54, 1.807) is 13.1 Å². The fraction of sp³-hybridized carbons (Fsp3) is 0.125. The van der Waals surface area contributed by atoms with Crippen molar-refractivity contribution in [2.75, 3.05) is 10.5 Å². The predicted molar refractivity (Wildman–Crippen MR) is 122 cm³/mol. The number of carbonyl (C=O) groups is 1. The minimum absolute atomic E-state index is 0.00613. The lowest BCUT2D eigenvalue weighted by molar-refractivity contribution is 0.103. The molecular weight excluding hydrogens is 448 g/mol. The maximum Gasteiger partial charge on any atom is 0.232 e. The number of carbonyl (C=O) groups excluding carboxylic acids is 1. The molecule has 0 bridgehead atoms. The lowest BCUT2D eigenvalue weighted by atomic mass is 10.0. The molecule has 9 heteroatoms. The highest BCUT2D eigenvalue weighted by molar-refractivity contribution is 7.92. The van der Waals surface area contributed by atoms with Gasteiger partial charge in [0.2, 0.25) is 10.0 Å². The van der Waals surface area contributed by atoms with Crippen LogP contribution in [0.15, 0.2) is 66.9 Å². The van der Waals surface area contributed by atoms with Crippen molar-refractivity contribution in [2.24, 2.45) is 0 Å². The standard InChI is InChI=1S/C24H19F2N3O3S/c1-2-12-33(31,32)29-19-11-9-17(25)22(23(19)26)24(30)16-8-10-18-20(13-16)28-21(14-27-18)15-6-4-3-5-7-15/h3-11,13-14,29H,2,12H2,1H3. The molecular formula is C24H19F2N3O3S. The Hall–Kier alpha value is -3.72. The fourth-order valence-corrected chi connectivity index (χ4v) is 4.50. The number of nitrogens with zero attached hydrogens (tertiary/aromatic N) is 2. The molecule has 0 aliphatic heterocycles. The third-order valence-corrected chi connectivity index (χ3v) is 6.41. The molecule has 4 rings (SSSR count). The molecule has 4 aromatic rings. The zero-order chi connectivity index (χ0) is 23.6. The summed E-state index contributed by atoms with van der Waals surface area (Å²) in [7, 11) is -3.83. The van der Waals surface area contributed by atoms with Crippen molar-refractivity contribution in [3.63, 3.8) is 0 Å². The number of ketones is 1. The van der Waals surface area contributed by atoms with E-state index in [-0.39, 0.29) is 11.3 Å². The summed E-state index contributed by atoms with van der Waals surface area (Å²) in [6.07, 6.45) is 1.91. The Morgan fingerprint density at radius 3 is 2.48 bits per heavy atom. The first kappa shape index (κ1) is 22.5. The van der Waals surface area contributed by atoms with Crippen LogP contribution in [0, 0.1) is 11.6 Å². The molecule has 1 heterocycles. The van der Waals surface area contributed by atoms with Crippen LogP contribution in [-0.2, 0) is 10.0 Å². The van der Waals surface area contributed by atoms with Crippen molar-refractivity contribution >= 4 is 32.5 Å². The van der Waals surface area contributed by atoms with Crippen LogP contribution in [0.2, 0.25) is 0 Å². The maximum absolute atomic E-state index is 15.0. The monoisotopic (exact) mass is 467 g/mol. The molecule has 3 aromatic carbocycles. The van der Waals surface area contributed by atoms with Crippen LogP contribution in [0.3, 0.4) is 0 Å². The van der Waals surface area contributed by atoms with Gasteiger partial charge in [0, 0.05) is 11.1 Å². The maximum atomic E-state index is 15.0. The van der Waals surface area contributed by atoms with Crippen molar-refractivity contribution in [1.82, 2.24) is 9.97 Å². The number of nitrogens with one attached hydrogen (secondary N) is 1. The number of fused-ring (bicyclic) bond motifs is 1. The average Bonchev–Trinajstić information content (AvgIpc) is 2.80. The Bertz CT molecular complexity index is 1460. The highest BCUT2D eigenvalue weighted by Crippen LogP contribution is 2.26. The van der Waals surface area contributed by atoms with E-state index in [1.165, 1.54) is 18.2 Å². The van der Waals surface area contributed by atoms with Gasteiger partial charge in [0.05, 0.1) is 39.9 Å². The van der Waals surface area contributed by atoms with Gasteiger partial charge in [-0.25, -0.2) is 22.2 Å². The Kier molecular flexibility index (Phi) is 6.15. The minimum atomic E-state index is -3.83. The number of rotatable bonds is 7. The molecule has 1 aromatic heterocycles. The lowest BCUT2D eigenvalue weighted by Gasteiger charge is -2.12. The summed E-state index contributed by atoms with van der Waals surface area (Å²) in [5.41, 5.74) is 0.952. The lowest BCUT2D eigenvalue weighted by Crippen LogP contribution is -2.18. The summed E-state index contributed by atoms with van der Waals surface area (Å²) in [6, 6.07) is 15.5. The third kappa shape index (κ3) is 4.73. The van der Waals surface area contributed by atoms with Crippen molar-refractivity contribution in [3.8, 4) is 11.3 Å². The molecule has 0 spiro atoms. The van der Waals surface area contributed by atoms with Crippen LogP contribution in [0.1, 0.15) is 29.3 Å². The van der Waals surface area contributed by atoms with E-state index in [2.05, 4.69) is 14.7 Å². The smallest absolute Gasteiger partial charge is 0.232 e. The molecule has 0 aliphatic rings. The van der Waals surface area contributed by atoms with E-state index in [4.69, 9.17) is 0 Å². The molecule has 0 fully saturated rings. The Balaban J connectivity index is 1.74. The van der Waals surface area contributed by atoms with Crippen LogP contribution >= 0.6 is 0 Å². The summed E-state index contributed by atoms with van der Waals surface area (Å²) >= 11 is 0. The van der Waals surface area contributed by atoms with Crippen LogP contribution in [0.4, 0.5) is 14.5 Å². The third-order valence-electron chi connectivity index (χ3n) is 4.93. The molecule has 0 atom stereocenters. The van der Waals surface area contributed by atoms with Gasteiger partial charge >= 0.3 is 0 Å².